The van der Waals surface area contributed by atoms with Crippen LogP contribution in [0.1, 0.15) is 20.9 Å². The van der Waals surface area contributed by atoms with Gasteiger partial charge in [0.1, 0.15) is 11.5 Å². The van der Waals surface area contributed by atoms with Gasteiger partial charge in [-0.3, -0.25) is 9.59 Å². The van der Waals surface area contributed by atoms with Crippen LogP contribution in [0.25, 0.3) is 11.3 Å². The van der Waals surface area contributed by atoms with Crippen molar-refractivity contribution < 1.29 is 18.7 Å². The standard InChI is InChI=1S/C19H15NO4/c1-23-16-7-5-15(6-8-16)20-19(22)14-4-2-3-13(11-14)18-10-9-17(12-21)24-18/h2-12H,1H3,(H,20,22). The number of nitrogens with one attached hydrogen (secondary N) is 1. The molecule has 1 N–H and O–H groups in total. The Labute approximate surface area is 138 Å². The minimum absolute atomic E-state index is 0.232. The second kappa shape index (κ2) is 6.83. The number of anilines is 1. The summed E-state index contributed by atoms with van der Waals surface area (Å²) in [6.45, 7) is 0. The zero-order valence-corrected chi connectivity index (χ0v) is 13.0. The lowest BCUT2D eigenvalue weighted by Crippen LogP contribution is -2.11. The van der Waals surface area contributed by atoms with Crippen molar-refractivity contribution in [2.24, 2.45) is 0 Å². The molecular weight excluding hydrogens is 306 g/mol. The van der Waals surface area contributed by atoms with Gasteiger partial charge in [0.05, 0.1) is 7.11 Å². The van der Waals surface area contributed by atoms with Crippen LogP contribution in [0.4, 0.5) is 5.69 Å². The third-order valence-corrected chi connectivity index (χ3v) is 3.50. The molecule has 0 unspecified atom stereocenters. The molecule has 3 rings (SSSR count). The molecule has 0 aliphatic heterocycles. The number of furan rings is 1. The first-order valence-corrected chi connectivity index (χ1v) is 7.30. The molecule has 3 aromatic rings. The summed E-state index contributed by atoms with van der Waals surface area (Å²) in [5, 5.41) is 2.82. The van der Waals surface area contributed by atoms with E-state index in [0.717, 1.165) is 11.3 Å². The molecule has 0 spiro atoms. The highest BCUT2D eigenvalue weighted by molar-refractivity contribution is 6.04. The molecule has 1 amide bonds. The Morgan fingerprint density at radius 2 is 1.88 bits per heavy atom. The van der Waals surface area contributed by atoms with E-state index in [1.54, 1.807) is 61.7 Å². The van der Waals surface area contributed by atoms with Crippen molar-refractivity contribution in [2.45, 2.75) is 0 Å². The van der Waals surface area contributed by atoms with Crippen molar-refractivity contribution in [2.75, 3.05) is 12.4 Å². The van der Waals surface area contributed by atoms with Gasteiger partial charge in [-0.25, -0.2) is 0 Å². The van der Waals surface area contributed by atoms with Crippen molar-refractivity contribution in [1.29, 1.82) is 0 Å². The highest BCUT2D eigenvalue weighted by atomic mass is 16.5. The Bertz CT molecular complexity index is 865. The highest BCUT2D eigenvalue weighted by Crippen LogP contribution is 2.23. The van der Waals surface area contributed by atoms with Crippen molar-refractivity contribution in [3.05, 3.63) is 72.0 Å². The number of methoxy groups -OCH3 is 1. The molecule has 1 heterocycles. The normalized spacial score (nSPS) is 10.2. The van der Waals surface area contributed by atoms with E-state index in [1.165, 1.54) is 0 Å². The summed E-state index contributed by atoms with van der Waals surface area (Å²) in [6, 6.07) is 17.4. The first-order chi connectivity index (χ1) is 11.7. The summed E-state index contributed by atoms with van der Waals surface area (Å²) < 4.78 is 10.5. The molecule has 1 aromatic heterocycles. The summed E-state index contributed by atoms with van der Waals surface area (Å²) in [4.78, 5) is 23.1. The molecule has 5 nitrogen and oxygen atoms in total. The van der Waals surface area contributed by atoms with E-state index in [9.17, 15) is 9.59 Å². The van der Waals surface area contributed by atoms with Crippen LogP contribution in [0.2, 0.25) is 0 Å². The van der Waals surface area contributed by atoms with Crippen molar-refractivity contribution in [3.63, 3.8) is 0 Å². The minimum Gasteiger partial charge on any atom is -0.497 e. The number of amides is 1. The summed E-state index contributed by atoms with van der Waals surface area (Å²) in [5.41, 5.74) is 1.89. The molecular formula is C19H15NO4. The lowest BCUT2D eigenvalue weighted by Gasteiger charge is -2.07. The maximum absolute atomic E-state index is 12.4. The van der Waals surface area contributed by atoms with Crippen LogP contribution in [0.3, 0.4) is 0 Å². The quantitative estimate of drug-likeness (QED) is 0.721. The number of benzene rings is 2. The number of carbonyl (C=O) groups is 2. The zero-order chi connectivity index (χ0) is 16.9. The largest absolute Gasteiger partial charge is 0.497 e. The molecule has 2 aromatic carbocycles. The van der Waals surface area contributed by atoms with E-state index in [2.05, 4.69) is 5.32 Å². The molecule has 0 aliphatic rings. The average Bonchev–Trinajstić information content (AvgIpc) is 3.12. The van der Waals surface area contributed by atoms with Crippen LogP contribution in [0.5, 0.6) is 5.75 Å². The van der Waals surface area contributed by atoms with E-state index < -0.39 is 0 Å². The number of hydrogen-bond acceptors (Lipinski definition) is 4. The molecule has 0 atom stereocenters. The van der Waals surface area contributed by atoms with Crippen LogP contribution >= 0.6 is 0 Å². The smallest absolute Gasteiger partial charge is 0.255 e. The second-order valence-corrected chi connectivity index (χ2v) is 5.08. The first kappa shape index (κ1) is 15.6. The molecule has 120 valence electrons. The van der Waals surface area contributed by atoms with Gasteiger partial charge in [-0.05, 0) is 48.5 Å². The number of hydrogen-bond donors (Lipinski definition) is 1. The van der Waals surface area contributed by atoms with E-state index >= 15 is 0 Å². The molecule has 24 heavy (non-hydrogen) atoms. The molecule has 0 saturated heterocycles. The Balaban J connectivity index is 1.79. The van der Waals surface area contributed by atoms with Gasteiger partial charge in [0, 0.05) is 16.8 Å². The van der Waals surface area contributed by atoms with Gasteiger partial charge in [0.15, 0.2) is 12.0 Å². The minimum atomic E-state index is -0.232. The van der Waals surface area contributed by atoms with Gasteiger partial charge < -0.3 is 14.5 Å². The van der Waals surface area contributed by atoms with Gasteiger partial charge in [0.2, 0.25) is 0 Å². The van der Waals surface area contributed by atoms with E-state index in [4.69, 9.17) is 9.15 Å². The lowest BCUT2D eigenvalue weighted by atomic mass is 10.1. The van der Waals surface area contributed by atoms with Gasteiger partial charge in [0.25, 0.3) is 5.91 Å². The Hall–Kier alpha value is -3.34. The van der Waals surface area contributed by atoms with Gasteiger partial charge in [-0.2, -0.15) is 0 Å². The topological polar surface area (TPSA) is 68.5 Å². The molecule has 0 fully saturated rings. The summed E-state index contributed by atoms with van der Waals surface area (Å²) in [7, 11) is 1.59. The maximum Gasteiger partial charge on any atom is 0.255 e. The first-order valence-electron chi connectivity index (χ1n) is 7.30. The molecule has 0 bridgehead atoms. The fourth-order valence-electron chi connectivity index (χ4n) is 2.26. The van der Waals surface area contributed by atoms with Crippen LogP contribution in [-0.4, -0.2) is 19.3 Å². The van der Waals surface area contributed by atoms with Crippen LogP contribution in [0, 0.1) is 0 Å². The van der Waals surface area contributed by atoms with E-state index in [0.29, 0.717) is 23.3 Å². The second-order valence-electron chi connectivity index (χ2n) is 5.08. The predicted octanol–water partition coefficient (Wildman–Crippen LogP) is 4.02. The van der Waals surface area contributed by atoms with Crippen LogP contribution in [0.15, 0.2) is 65.1 Å². The summed E-state index contributed by atoms with van der Waals surface area (Å²) >= 11 is 0. The molecule has 0 aliphatic carbocycles. The van der Waals surface area contributed by atoms with Gasteiger partial charge in [-0.1, -0.05) is 12.1 Å². The van der Waals surface area contributed by atoms with E-state index in [1.807, 2.05) is 6.07 Å². The molecule has 0 saturated carbocycles. The van der Waals surface area contributed by atoms with Gasteiger partial charge >= 0.3 is 0 Å². The van der Waals surface area contributed by atoms with E-state index in [-0.39, 0.29) is 11.7 Å². The Morgan fingerprint density at radius 3 is 2.54 bits per heavy atom. The molecule has 0 radical (unpaired) electrons. The Morgan fingerprint density at radius 1 is 1.08 bits per heavy atom. The zero-order valence-electron chi connectivity index (χ0n) is 13.0. The predicted molar refractivity (Wildman–Crippen MR) is 90.5 cm³/mol. The van der Waals surface area contributed by atoms with Crippen molar-refractivity contribution in [1.82, 2.24) is 0 Å². The summed E-state index contributed by atoms with van der Waals surface area (Å²) in [5.74, 6) is 1.28. The fraction of sp³-hybridized carbons (Fsp3) is 0.0526. The SMILES string of the molecule is COc1ccc(NC(=O)c2cccc(-c3ccc(C=O)o3)c2)cc1. The number of carbonyl (C=O) groups excluding carboxylic acids is 2. The average molecular weight is 321 g/mol. The van der Waals surface area contributed by atoms with Crippen LogP contribution in [-0.2, 0) is 0 Å². The van der Waals surface area contributed by atoms with Crippen molar-refractivity contribution in [3.8, 4) is 17.1 Å². The third kappa shape index (κ3) is 3.35. The highest BCUT2D eigenvalue weighted by Gasteiger charge is 2.10. The Kier molecular flexibility index (Phi) is 4.43. The maximum atomic E-state index is 12.4. The third-order valence-electron chi connectivity index (χ3n) is 3.50. The van der Waals surface area contributed by atoms with Crippen LogP contribution < -0.4 is 10.1 Å². The monoisotopic (exact) mass is 321 g/mol. The fourth-order valence-corrected chi connectivity index (χ4v) is 2.26. The number of ether oxygens (including phenoxy) is 1. The summed E-state index contributed by atoms with van der Waals surface area (Å²) in [6.07, 6.45) is 0.643. The lowest BCUT2D eigenvalue weighted by molar-refractivity contribution is 0.102. The van der Waals surface area contributed by atoms with Crippen molar-refractivity contribution >= 4 is 17.9 Å². The van der Waals surface area contributed by atoms with Gasteiger partial charge in [-0.15, -0.1) is 0 Å². The molecule has 5 heteroatoms. The number of rotatable bonds is 5. The number of aldehydes is 1.